The van der Waals surface area contributed by atoms with Gasteiger partial charge in [0.15, 0.2) is 0 Å². The van der Waals surface area contributed by atoms with Crippen molar-refractivity contribution in [1.82, 2.24) is 5.32 Å². The van der Waals surface area contributed by atoms with Gasteiger partial charge in [-0.15, -0.1) is 0 Å². The minimum absolute atomic E-state index is 0.0383. The monoisotopic (exact) mass is 399 g/mol. The summed E-state index contributed by atoms with van der Waals surface area (Å²) >= 11 is 0. The number of hydrogen-bond donors (Lipinski definition) is 2. The molecule has 0 radical (unpaired) electrons. The number of fused-ring (bicyclic) bond motifs is 1. The highest BCUT2D eigenvalue weighted by atomic mass is 32.2. The van der Waals surface area contributed by atoms with Gasteiger partial charge in [0.1, 0.15) is 16.7 Å². The number of carboxylic acid groups (broad SMARTS) is 1. The summed E-state index contributed by atoms with van der Waals surface area (Å²) in [5, 5.41) is 13.0. The van der Waals surface area contributed by atoms with Crippen LogP contribution in [0.25, 0.3) is 10.8 Å². The molecule has 28 heavy (non-hydrogen) atoms. The normalized spacial score (nSPS) is 12.3. The van der Waals surface area contributed by atoms with Crippen LogP contribution in [-0.4, -0.2) is 31.9 Å². The summed E-state index contributed by atoms with van der Waals surface area (Å²) in [7, 11) is -4.02. The van der Waals surface area contributed by atoms with Crippen molar-refractivity contribution < 1.29 is 27.3 Å². The lowest BCUT2D eigenvalue weighted by atomic mass is 10.1. The molecule has 1 unspecified atom stereocenters. The van der Waals surface area contributed by atoms with Crippen LogP contribution in [0.2, 0.25) is 0 Å². The van der Waals surface area contributed by atoms with Gasteiger partial charge in [-0.05, 0) is 40.6 Å². The number of carbonyl (C=O) groups excluding carboxylic acids is 1. The Morgan fingerprint density at radius 2 is 1.71 bits per heavy atom. The van der Waals surface area contributed by atoms with Gasteiger partial charge < -0.3 is 14.6 Å². The van der Waals surface area contributed by atoms with Crippen molar-refractivity contribution in [1.29, 1.82) is 0 Å². The molecule has 0 aliphatic heterocycles. The minimum atomic E-state index is -4.02. The summed E-state index contributed by atoms with van der Waals surface area (Å²) in [6, 6.07) is 17.0. The average Bonchev–Trinajstić information content (AvgIpc) is 2.68. The second kappa shape index (κ2) is 8.10. The molecule has 2 N–H and O–H groups in total. The lowest BCUT2D eigenvalue weighted by Gasteiger charge is -2.12. The molecule has 0 saturated carbocycles. The molecular weight excluding hydrogens is 382 g/mol. The van der Waals surface area contributed by atoms with Crippen LogP contribution in [0.1, 0.15) is 5.56 Å². The smallest absolute Gasteiger partial charge is 0.339 e. The molecule has 3 aromatic carbocycles. The Morgan fingerprint density at radius 1 is 1.04 bits per heavy atom. The van der Waals surface area contributed by atoms with Gasteiger partial charge in [-0.1, -0.05) is 42.5 Å². The van der Waals surface area contributed by atoms with Crippen molar-refractivity contribution in [3.63, 3.8) is 0 Å². The fourth-order valence-electron chi connectivity index (χ4n) is 2.71. The number of carbonyl (C=O) groups is 2. The number of rotatable bonds is 8. The fraction of sp³-hybridized carbons (Fsp3) is 0.100. The maximum atomic E-state index is 12.5. The van der Waals surface area contributed by atoms with Crippen LogP contribution in [0.15, 0.2) is 71.6 Å². The van der Waals surface area contributed by atoms with E-state index in [2.05, 4.69) is 5.32 Å². The number of nitrogens with one attached hydrogen (secondary N) is 1. The number of aliphatic carboxylic acids is 1. The number of benzene rings is 3. The molecule has 8 heteroatoms. The van der Waals surface area contributed by atoms with Crippen LogP contribution in [0.4, 0.5) is 0 Å². The van der Waals surface area contributed by atoms with Gasteiger partial charge in [-0.2, -0.15) is 8.42 Å². The molecule has 7 nitrogen and oxygen atoms in total. The van der Waals surface area contributed by atoms with Crippen LogP contribution >= 0.6 is 0 Å². The third kappa shape index (κ3) is 4.47. The van der Waals surface area contributed by atoms with Gasteiger partial charge >= 0.3 is 16.1 Å². The van der Waals surface area contributed by atoms with E-state index in [0.29, 0.717) is 12.0 Å². The van der Waals surface area contributed by atoms with Crippen molar-refractivity contribution >= 4 is 33.3 Å². The summed E-state index contributed by atoms with van der Waals surface area (Å²) in [6.07, 6.45) is 0.387. The van der Waals surface area contributed by atoms with Gasteiger partial charge in [-0.3, -0.25) is 4.79 Å². The molecule has 3 rings (SSSR count). The summed E-state index contributed by atoms with van der Waals surface area (Å²) in [4.78, 5) is 21.6. The molecule has 0 saturated heterocycles. The van der Waals surface area contributed by atoms with E-state index in [4.69, 9.17) is 9.29 Å². The Hall–Kier alpha value is -3.39. The zero-order valence-corrected chi connectivity index (χ0v) is 15.4. The predicted molar refractivity (Wildman–Crippen MR) is 103 cm³/mol. The first kappa shape index (κ1) is 19.4. The molecule has 0 fully saturated rings. The maximum Gasteiger partial charge on any atom is 0.339 e. The van der Waals surface area contributed by atoms with Crippen molar-refractivity contribution in [2.45, 2.75) is 17.4 Å². The highest BCUT2D eigenvalue weighted by Gasteiger charge is 2.19. The van der Waals surface area contributed by atoms with E-state index in [1.807, 2.05) is 24.3 Å². The number of carboxylic acids is 1. The quantitative estimate of drug-likeness (QED) is 0.444. The lowest BCUT2D eigenvalue weighted by Crippen LogP contribution is -2.37. The molecule has 0 heterocycles. The highest BCUT2D eigenvalue weighted by Crippen LogP contribution is 2.23. The zero-order chi connectivity index (χ0) is 20.1. The van der Waals surface area contributed by atoms with Gasteiger partial charge in [0.25, 0.3) is 0 Å². The first-order chi connectivity index (χ1) is 13.4. The molecule has 144 valence electrons. The summed E-state index contributed by atoms with van der Waals surface area (Å²) < 4.78 is 30.2. The molecule has 0 aliphatic rings. The van der Waals surface area contributed by atoms with Gasteiger partial charge in [0, 0.05) is 6.42 Å². The van der Waals surface area contributed by atoms with Crippen molar-refractivity contribution in [2.24, 2.45) is 0 Å². The molecule has 3 aromatic rings. The van der Waals surface area contributed by atoms with E-state index in [0.717, 1.165) is 10.8 Å². The number of amides is 1. The van der Waals surface area contributed by atoms with Gasteiger partial charge in [-0.25, -0.2) is 4.79 Å². The standard InChI is InChI=1S/C20H17NO6S/c22-13-21-19(20(23)24)11-14-5-8-17(9-6-14)27-28(25,26)18-10-7-15-3-1-2-4-16(15)12-18/h1-10,12-13,19H,11H2,(H,21,22)(H,23,24). The van der Waals surface area contributed by atoms with Crippen LogP contribution < -0.4 is 9.50 Å². The Labute approximate surface area is 161 Å². The summed E-state index contributed by atoms with van der Waals surface area (Å²) in [5.41, 5.74) is 0.609. The van der Waals surface area contributed by atoms with E-state index in [1.165, 1.54) is 18.2 Å². The minimum Gasteiger partial charge on any atom is -0.480 e. The molecule has 1 atom stereocenters. The van der Waals surface area contributed by atoms with Crippen LogP contribution in [0, 0.1) is 0 Å². The van der Waals surface area contributed by atoms with Gasteiger partial charge in [0.05, 0.1) is 0 Å². The van der Waals surface area contributed by atoms with Crippen molar-refractivity contribution in [3.05, 3.63) is 72.3 Å². The number of hydrogen-bond acceptors (Lipinski definition) is 5. The molecule has 0 aromatic heterocycles. The molecule has 1 amide bonds. The van der Waals surface area contributed by atoms with E-state index in [-0.39, 0.29) is 17.1 Å². The second-order valence-corrected chi connectivity index (χ2v) is 7.62. The largest absolute Gasteiger partial charge is 0.480 e. The maximum absolute atomic E-state index is 12.5. The van der Waals surface area contributed by atoms with E-state index in [9.17, 15) is 18.0 Å². The second-order valence-electron chi connectivity index (χ2n) is 6.07. The predicted octanol–water partition coefficient (Wildman–Crippen LogP) is 2.35. The zero-order valence-electron chi connectivity index (χ0n) is 14.6. The van der Waals surface area contributed by atoms with Crippen LogP contribution in [-0.2, 0) is 26.1 Å². The molecular formula is C20H17NO6S. The van der Waals surface area contributed by atoms with Crippen LogP contribution in [0.3, 0.4) is 0 Å². The van der Waals surface area contributed by atoms with Crippen molar-refractivity contribution in [2.75, 3.05) is 0 Å². The lowest BCUT2D eigenvalue weighted by molar-refractivity contribution is -0.140. The summed E-state index contributed by atoms with van der Waals surface area (Å²) in [6.45, 7) is 0. The first-order valence-electron chi connectivity index (χ1n) is 8.34. The Balaban J connectivity index is 1.76. The van der Waals surface area contributed by atoms with Crippen LogP contribution in [0.5, 0.6) is 5.75 Å². The third-order valence-electron chi connectivity index (χ3n) is 4.15. The Morgan fingerprint density at radius 3 is 2.36 bits per heavy atom. The third-order valence-corrected chi connectivity index (χ3v) is 5.39. The highest BCUT2D eigenvalue weighted by molar-refractivity contribution is 7.87. The first-order valence-corrected chi connectivity index (χ1v) is 9.74. The molecule has 0 aliphatic carbocycles. The molecule has 0 bridgehead atoms. The van der Waals surface area contributed by atoms with E-state index < -0.39 is 22.1 Å². The van der Waals surface area contributed by atoms with Gasteiger partial charge in [0.2, 0.25) is 6.41 Å². The topological polar surface area (TPSA) is 110 Å². The Kier molecular flexibility index (Phi) is 5.60. The van der Waals surface area contributed by atoms with E-state index in [1.54, 1.807) is 24.3 Å². The SMILES string of the molecule is O=CNC(Cc1ccc(OS(=O)(=O)c2ccc3ccccc3c2)cc1)C(=O)O. The Bertz CT molecular complexity index is 1110. The van der Waals surface area contributed by atoms with E-state index >= 15 is 0 Å². The average molecular weight is 399 g/mol. The molecule has 0 spiro atoms. The summed E-state index contributed by atoms with van der Waals surface area (Å²) in [5.74, 6) is -1.06. The van der Waals surface area contributed by atoms with Crippen molar-refractivity contribution in [3.8, 4) is 5.75 Å². The fourth-order valence-corrected chi connectivity index (χ4v) is 3.68.